The molecule has 1 saturated heterocycles. The summed E-state index contributed by atoms with van der Waals surface area (Å²) in [6, 6.07) is -1.32. The van der Waals surface area contributed by atoms with Crippen LogP contribution in [-0.2, 0) is 19.2 Å². The van der Waals surface area contributed by atoms with Crippen molar-refractivity contribution in [3.05, 3.63) is 12.7 Å². The summed E-state index contributed by atoms with van der Waals surface area (Å²) in [4.78, 5) is 48.7. The summed E-state index contributed by atoms with van der Waals surface area (Å²) >= 11 is 1.39. The van der Waals surface area contributed by atoms with Gasteiger partial charge in [0, 0.05) is 11.8 Å². The quantitative estimate of drug-likeness (QED) is 0.279. The molecule has 1 aliphatic heterocycles. The number of nitrogens with one attached hydrogen (secondary N) is 3. The maximum atomic E-state index is 12.6. The Balaban J connectivity index is 1.91. The third-order valence-electron chi connectivity index (χ3n) is 4.10. The van der Waals surface area contributed by atoms with Crippen molar-refractivity contribution in [1.29, 1.82) is 0 Å². The predicted molar refractivity (Wildman–Crippen MR) is 94.3 cm³/mol. The van der Waals surface area contributed by atoms with Gasteiger partial charge in [0.25, 0.3) is 5.91 Å². The van der Waals surface area contributed by atoms with Gasteiger partial charge in [-0.05, 0) is 44.1 Å². The molecule has 0 aromatic carbocycles. The molecule has 3 N–H and O–H groups in total. The van der Waals surface area contributed by atoms with E-state index < -0.39 is 12.1 Å². The maximum Gasteiger partial charge on any atom is 0.252 e. The van der Waals surface area contributed by atoms with Gasteiger partial charge in [-0.3, -0.25) is 23.9 Å². The first-order valence-electron chi connectivity index (χ1n) is 8.40. The molecule has 0 bridgehead atoms. The second kappa shape index (κ2) is 9.45. The molecule has 8 nitrogen and oxygen atoms in total. The maximum absolute atomic E-state index is 12.6. The van der Waals surface area contributed by atoms with Gasteiger partial charge < -0.3 is 15.5 Å². The van der Waals surface area contributed by atoms with Gasteiger partial charge in [-0.1, -0.05) is 6.08 Å². The molecule has 2 unspecified atom stereocenters. The number of carbonyl (C=O) groups is 4. The fraction of sp³-hybridized carbons (Fsp3) is 0.625. The van der Waals surface area contributed by atoms with Gasteiger partial charge in [-0.2, -0.15) is 0 Å². The lowest BCUT2D eigenvalue weighted by Crippen LogP contribution is -2.53. The van der Waals surface area contributed by atoms with Crippen LogP contribution in [-0.4, -0.2) is 59.5 Å². The van der Waals surface area contributed by atoms with Gasteiger partial charge in [0.2, 0.25) is 18.2 Å². The molecule has 1 saturated carbocycles. The van der Waals surface area contributed by atoms with Crippen LogP contribution in [0.25, 0.3) is 0 Å². The van der Waals surface area contributed by atoms with E-state index in [1.54, 1.807) is 6.08 Å². The minimum atomic E-state index is -0.707. The summed E-state index contributed by atoms with van der Waals surface area (Å²) < 4.78 is 2.77. The molecule has 0 aromatic rings. The van der Waals surface area contributed by atoms with Crippen LogP contribution in [0.3, 0.4) is 0 Å². The van der Waals surface area contributed by atoms with E-state index in [2.05, 4.69) is 21.9 Å². The highest BCUT2D eigenvalue weighted by Crippen LogP contribution is 2.31. The molecule has 0 aromatic heterocycles. The van der Waals surface area contributed by atoms with E-state index in [-0.39, 0.29) is 24.3 Å². The van der Waals surface area contributed by atoms with Crippen LogP contribution in [0.2, 0.25) is 0 Å². The number of hydrogen-bond acceptors (Lipinski definition) is 5. The molecule has 2 aliphatic rings. The monoisotopic (exact) mass is 368 g/mol. The Morgan fingerprint density at radius 1 is 1.28 bits per heavy atom. The van der Waals surface area contributed by atoms with Crippen molar-refractivity contribution in [2.75, 3.05) is 13.1 Å². The molecule has 1 heterocycles. The average Bonchev–Trinajstić information content (AvgIpc) is 3.30. The second-order valence-electron chi connectivity index (χ2n) is 6.11. The Kier molecular flexibility index (Phi) is 7.30. The highest BCUT2D eigenvalue weighted by Gasteiger charge is 2.35. The highest BCUT2D eigenvalue weighted by atomic mass is 32.2. The minimum Gasteiger partial charge on any atom is -0.350 e. The van der Waals surface area contributed by atoms with E-state index in [4.69, 9.17) is 0 Å². The van der Waals surface area contributed by atoms with Gasteiger partial charge in [-0.25, -0.2) is 0 Å². The standard InChI is InChI=1S/C16H24N4O4S/c1-2-4-12(15(23)19-25-11-6-7-11)18-16(24)13-5-3-8-20(13)14(22)9-17-10-21/h2,10-13H,1,3-9H2,(H,17,21)(H,18,24)(H,19,23). The van der Waals surface area contributed by atoms with Crippen molar-refractivity contribution >= 4 is 36.1 Å². The van der Waals surface area contributed by atoms with Crippen LogP contribution >= 0.6 is 11.9 Å². The number of likely N-dealkylation sites (tertiary alicyclic amines) is 1. The molecule has 9 heteroatoms. The molecule has 1 aliphatic carbocycles. The molecule has 0 spiro atoms. The van der Waals surface area contributed by atoms with Crippen LogP contribution < -0.4 is 15.4 Å². The van der Waals surface area contributed by atoms with E-state index in [1.807, 2.05) is 0 Å². The van der Waals surface area contributed by atoms with Crippen molar-refractivity contribution in [3.63, 3.8) is 0 Å². The lowest BCUT2D eigenvalue weighted by molar-refractivity contribution is -0.139. The molecule has 25 heavy (non-hydrogen) atoms. The van der Waals surface area contributed by atoms with Gasteiger partial charge in [-0.15, -0.1) is 6.58 Å². The number of amides is 4. The first kappa shape index (κ1) is 19.3. The van der Waals surface area contributed by atoms with Gasteiger partial charge >= 0.3 is 0 Å². The molecule has 2 atom stereocenters. The summed E-state index contributed by atoms with van der Waals surface area (Å²) in [5, 5.41) is 5.51. The van der Waals surface area contributed by atoms with Crippen molar-refractivity contribution in [2.45, 2.75) is 49.4 Å². The zero-order chi connectivity index (χ0) is 18.2. The number of hydrogen-bond donors (Lipinski definition) is 3. The minimum absolute atomic E-state index is 0.137. The van der Waals surface area contributed by atoms with Crippen LogP contribution in [0.5, 0.6) is 0 Å². The van der Waals surface area contributed by atoms with E-state index in [0.717, 1.165) is 12.8 Å². The molecular weight excluding hydrogens is 344 g/mol. The zero-order valence-corrected chi connectivity index (χ0v) is 14.8. The molecular formula is C16H24N4O4S. The Hall–Kier alpha value is -2.03. The highest BCUT2D eigenvalue weighted by molar-refractivity contribution is 7.98. The first-order chi connectivity index (χ1) is 12.1. The third kappa shape index (κ3) is 5.77. The first-order valence-corrected chi connectivity index (χ1v) is 9.28. The van der Waals surface area contributed by atoms with Crippen molar-refractivity contribution in [2.24, 2.45) is 0 Å². The molecule has 0 radical (unpaired) electrons. The van der Waals surface area contributed by atoms with E-state index in [9.17, 15) is 19.2 Å². The van der Waals surface area contributed by atoms with Crippen LogP contribution in [0.4, 0.5) is 0 Å². The summed E-state index contributed by atoms with van der Waals surface area (Å²) in [5.41, 5.74) is 0. The summed E-state index contributed by atoms with van der Waals surface area (Å²) in [7, 11) is 0. The van der Waals surface area contributed by atoms with E-state index >= 15 is 0 Å². The Morgan fingerprint density at radius 2 is 2.04 bits per heavy atom. The summed E-state index contributed by atoms with van der Waals surface area (Å²) in [5.74, 6) is -0.919. The van der Waals surface area contributed by atoms with Crippen molar-refractivity contribution < 1.29 is 19.2 Å². The average molecular weight is 368 g/mol. The number of rotatable bonds is 10. The number of carbonyl (C=O) groups excluding carboxylic acids is 4. The largest absolute Gasteiger partial charge is 0.350 e. The van der Waals surface area contributed by atoms with Gasteiger partial charge in [0.1, 0.15) is 12.1 Å². The zero-order valence-electron chi connectivity index (χ0n) is 14.0. The van der Waals surface area contributed by atoms with E-state index in [0.29, 0.717) is 37.5 Å². The van der Waals surface area contributed by atoms with Gasteiger partial charge in [0.05, 0.1) is 6.54 Å². The lowest BCUT2D eigenvalue weighted by atomic mass is 10.1. The molecule has 138 valence electrons. The normalized spacial score (nSPS) is 20.5. The molecule has 2 fully saturated rings. The van der Waals surface area contributed by atoms with Crippen molar-refractivity contribution in [1.82, 2.24) is 20.3 Å². The lowest BCUT2D eigenvalue weighted by Gasteiger charge is -2.26. The molecule has 4 amide bonds. The Labute approximate surface area is 151 Å². The fourth-order valence-electron chi connectivity index (χ4n) is 2.63. The Bertz CT molecular complexity index is 538. The van der Waals surface area contributed by atoms with Crippen molar-refractivity contribution in [3.8, 4) is 0 Å². The Morgan fingerprint density at radius 3 is 2.68 bits per heavy atom. The topological polar surface area (TPSA) is 108 Å². The third-order valence-corrected chi connectivity index (χ3v) is 5.22. The van der Waals surface area contributed by atoms with E-state index in [1.165, 1.54) is 16.8 Å². The van der Waals surface area contributed by atoms with Crippen LogP contribution in [0.1, 0.15) is 32.1 Å². The second-order valence-corrected chi connectivity index (χ2v) is 7.22. The fourth-order valence-corrected chi connectivity index (χ4v) is 3.43. The van der Waals surface area contributed by atoms with Crippen LogP contribution in [0, 0.1) is 0 Å². The number of nitrogens with zero attached hydrogens (tertiary/aromatic N) is 1. The smallest absolute Gasteiger partial charge is 0.252 e. The summed E-state index contributed by atoms with van der Waals surface area (Å²) in [6.45, 7) is 3.96. The summed E-state index contributed by atoms with van der Waals surface area (Å²) in [6.07, 6.45) is 5.78. The van der Waals surface area contributed by atoms with Gasteiger partial charge in [0.15, 0.2) is 0 Å². The molecule has 2 rings (SSSR count). The van der Waals surface area contributed by atoms with Crippen LogP contribution in [0.15, 0.2) is 12.7 Å². The SMILES string of the molecule is C=CCC(NC(=O)C1CCCN1C(=O)CNC=O)C(=O)NSC1CC1. The predicted octanol–water partition coefficient (Wildman–Crippen LogP) is -0.289.